The van der Waals surface area contributed by atoms with Crippen LogP contribution < -0.4 is 0 Å². The first-order chi connectivity index (χ1) is 30.8. The third-order valence-corrected chi connectivity index (χ3v) is 19.9. The molecular weight excluding hydrogens is 868 g/mol. The lowest BCUT2D eigenvalue weighted by Gasteiger charge is -2.65. The molecular formula is C47H78O19. The highest BCUT2D eigenvalue weighted by Crippen LogP contribution is 2.89. The quantitative estimate of drug-likeness (QED) is 0.112. The van der Waals surface area contributed by atoms with Crippen molar-refractivity contribution in [3.63, 3.8) is 0 Å². The van der Waals surface area contributed by atoms with Gasteiger partial charge in [0.2, 0.25) is 0 Å². The Morgan fingerprint density at radius 1 is 0.591 bits per heavy atom. The predicted octanol–water partition coefficient (Wildman–Crippen LogP) is -1.45. The van der Waals surface area contributed by atoms with Crippen molar-refractivity contribution in [3.8, 4) is 0 Å². The van der Waals surface area contributed by atoms with Gasteiger partial charge in [0, 0.05) is 5.92 Å². The molecule has 380 valence electrons. The monoisotopic (exact) mass is 947 g/mol. The van der Waals surface area contributed by atoms with Gasteiger partial charge in [-0.05, 0) is 117 Å². The Balaban J connectivity index is 1.01. The summed E-state index contributed by atoms with van der Waals surface area (Å²) in [6.45, 7) is 13.0. The molecule has 0 amide bonds. The second kappa shape index (κ2) is 16.9. The summed E-state index contributed by atoms with van der Waals surface area (Å²) in [4.78, 5) is 0. The third kappa shape index (κ3) is 7.22. The first-order valence-corrected chi connectivity index (χ1v) is 24.4. The second-order valence-electron chi connectivity index (χ2n) is 23.8. The van der Waals surface area contributed by atoms with E-state index in [2.05, 4.69) is 34.6 Å². The fourth-order valence-electron chi connectivity index (χ4n) is 16.4. The van der Waals surface area contributed by atoms with Crippen LogP contribution in [0.3, 0.4) is 0 Å². The standard InChI is InChI=1S/C47H78O19/c1-41(2)26(64-38-33(57)28(52)21(51)18-60-38)9-11-47-19-46(47)13-12-43(5)36(45(7)10-8-27(65-45)42(3,4)66-40-35(59)32(56)30(54)24(17-49)63-40)20(50)15-44(43,6)25(46)14-22(37(41)47)61-39-34(58)31(55)29(53)23(16-48)62-39/h20-40,48-59H,8-19H2,1-7H3/t20-,21+,22-,23-,24+,25+,26+,27-,28-,29-,30-,31-,32+,33-,34-,35-,36-,37+,38-,39-,40-,43+,44-,45-,46-,47+/m0/s1. The van der Waals surface area contributed by atoms with Crippen LogP contribution in [0.2, 0.25) is 0 Å². The van der Waals surface area contributed by atoms with Crippen LogP contribution in [0.4, 0.5) is 0 Å². The van der Waals surface area contributed by atoms with E-state index in [4.69, 9.17) is 33.2 Å². The number of ether oxygens (including phenoxy) is 7. The zero-order valence-electron chi connectivity index (χ0n) is 39.3. The molecule has 5 aliphatic carbocycles. The van der Waals surface area contributed by atoms with Gasteiger partial charge in [0.15, 0.2) is 18.9 Å². The van der Waals surface area contributed by atoms with Gasteiger partial charge in [0.1, 0.15) is 67.1 Å². The van der Waals surface area contributed by atoms with E-state index in [1.54, 1.807) is 0 Å². The van der Waals surface area contributed by atoms with E-state index >= 15 is 0 Å². The van der Waals surface area contributed by atoms with E-state index in [0.717, 1.165) is 25.7 Å². The second-order valence-corrected chi connectivity index (χ2v) is 23.8. The van der Waals surface area contributed by atoms with E-state index < -0.39 is 151 Å². The molecule has 66 heavy (non-hydrogen) atoms. The zero-order valence-corrected chi connectivity index (χ0v) is 39.3. The number of hydrogen-bond donors (Lipinski definition) is 12. The molecule has 0 unspecified atom stereocenters. The van der Waals surface area contributed by atoms with Crippen molar-refractivity contribution in [2.24, 2.45) is 44.8 Å². The van der Waals surface area contributed by atoms with Crippen molar-refractivity contribution in [2.75, 3.05) is 19.8 Å². The van der Waals surface area contributed by atoms with Gasteiger partial charge in [-0.15, -0.1) is 0 Å². The van der Waals surface area contributed by atoms with Crippen LogP contribution >= 0.6 is 0 Å². The molecule has 4 saturated heterocycles. The number of aliphatic hydroxyl groups excluding tert-OH is 12. The average Bonchev–Trinajstić information content (AvgIpc) is 3.63. The van der Waals surface area contributed by atoms with Crippen molar-refractivity contribution < 1.29 is 94.4 Å². The SMILES string of the molecule is CC(C)(O[C@@H]1O[C@H](CO)[C@H](O)[C@@H](O)[C@@H]1O)[C@@H]1CC[C@@](C)([C@H]2[C@@H](O)C[C@@]3(C)[C@H]4C[C@H](O[C@H]5O[C@@H](CO)[C@H](O)[C@H](O)[C@@H]5O)[C@@H]5C(C)(C)[C@H](O[C@@H]6OC[C@@H](O)[C@H](O)[C@@H]6O)CC[C@@]56C[C@@]46CC[C@]23C)O1. The minimum Gasteiger partial charge on any atom is -0.394 e. The van der Waals surface area contributed by atoms with Gasteiger partial charge in [-0.1, -0.05) is 27.7 Å². The third-order valence-electron chi connectivity index (χ3n) is 19.9. The van der Waals surface area contributed by atoms with Crippen LogP contribution in [0.5, 0.6) is 0 Å². The summed E-state index contributed by atoms with van der Waals surface area (Å²) in [5, 5.41) is 129. The van der Waals surface area contributed by atoms with Crippen LogP contribution in [-0.2, 0) is 33.2 Å². The Labute approximate surface area is 386 Å². The first kappa shape index (κ1) is 50.2. The molecule has 5 saturated carbocycles. The minimum atomic E-state index is -1.65. The van der Waals surface area contributed by atoms with Crippen LogP contribution in [-0.4, -0.2) is 203 Å². The molecule has 12 N–H and O–H groups in total. The van der Waals surface area contributed by atoms with Gasteiger partial charge in [0.05, 0.1) is 55.4 Å². The van der Waals surface area contributed by atoms with Gasteiger partial charge in [-0.2, -0.15) is 0 Å². The van der Waals surface area contributed by atoms with Gasteiger partial charge < -0.3 is 94.4 Å². The molecule has 0 aromatic rings. The fraction of sp³-hybridized carbons (Fsp3) is 1.00. The topological polar surface area (TPSA) is 307 Å². The Bertz CT molecular complexity index is 1770. The number of rotatable bonds is 10. The van der Waals surface area contributed by atoms with Crippen LogP contribution in [0, 0.1) is 44.8 Å². The van der Waals surface area contributed by atoms with E-state index in [9.17, 15) is 61.3 Å². The lowest BCUT2D eigenvalue weighted by molar-refractivity contribution is -0.339. The van der Waals surface area contributed by atoms with Gasteiger partial charge >= 0.3 is 0 Å². The molecule has 9 fully saturated rings. The first-order valence-electron chi connectivity index (χ1n) is 24.4. The summed E-state index contributed by atoms with van der Waals surface area (Å²) < 4.78 is 44.3. The Kier molecular flexibility index (Phi) is 12.9. The van der Waals surface area contributed by atoms with Crippen molar-refractivity contribution in [2.45, 2.75) is 228 Å². The highest BCUT2D eigenvalue weighted by Gasteiger charge is 2.85. The summed E-state index contributed by atoms with van der Waals surface area (Å²) >= 11 is 0. The summed E-state index contributed by atoms with van der Waals surface area (Å²) in [6, 6.07) is 0. The molecule has 4 heterocycles. The molecule has 19 heteroatoms. The van der Waals surface area contributed by atoms with Crippen LogP contribution in [0.15, 0.2) is 0 Å². The number of aliphatic hydroxyl groups is 12. The largest absolute Gasteiger partial charge is 0.394 e. The molecule has 0 bridgehead atoms. The fourth-order valence-corrected chi connectivity index (χ4v) is 16.4. The Hall–Kier alpha value is -0.760. The molecule has 19 nitrogen and oxygen atoms in total. The Morgan fingerprint density at radius 2 is 1.20 bits per heavy atom. The van der Waals surface area contributed by atoms with Crippen molar-refractivity contribution in [1.82, 2.24) is 0 Å². The van der Waals surface area contributed by atoms with E-state index in [1.807, 2.05) is 13.8 Å². The zero-order chi connectivity index (χ0) is 48.1. The minimum absolute atomic E-state index is 0.00898. The maximum absolute atomic E-state index is 12.5. The molecule has 2 spiro atoms. The van der Waals surface area contributed by atoms with Gasteiger partial charge in [-0.3, -0.25) is 0 Å². The van der Waals surface area contributed by atoms with Crippen molar-refractivity contribution in [3.05, 3.63) is 0 Å². The predicted molar refractivity (Wildman–Crippen MR) is 226 cm³/mol. The van der Waals surface area contributed by atoms with E-state index in [0.29, 0.717) is 32.1 Å². The van der Waals surface area contributed by atoms with Crippen molar-refractivity contribution >= 4 is 0 Å². The number of fused-ring (bicyclic) bond motifs is 2. The Morgan fingerprint density at radius 3 is 1.83 bits per heavy atom. The average molecular weight is 947 g/mol. The van der Waals surface area contributed by atoms with E-state index in [1.165, 1.54) is 0 Å². The molecule has 4 aliphatic heterocycles. The summed E-state index contributed by atoms with van der Waals surface area (Å²) in [5.74, 6) is -0.523. The summed E-state index contributed by atoms with van der Waals surface area (Å²) in [5.41, 5.74) is -3.88. The van der Waals surface area contributed by atoms with Crippen molar-refractivity contribution in [1.29, 1.82) is 0 Å². The molecule has 26 atom stereocenters. The number of hydrogen-bond acceptors (Lipinski definition) is 19. The molecule has 9 rings (SSSR count). The van der Waals surface area contributed by atoms with Gasteiger partial charge in [-0.25, -0.2) is 0 Å². The lowest BCUT2D eigenvalue weighted by Crippen LogP contribution is -2.65. The molecule has 9 aliphatic rings. The maximum atomic E-state index is 12.5. The highest BCUT2D eigenvalue weighted by atomic mass is 16.7. The van der Waals surface area contributed by atoms with E-state index in [-0.39, 0.29) is 35.2 Å². The highest BCUT2D eigenvalue weighted by molar-refractivity contribution is 5.33. The van der Waals surface area contributed by atoms with Gasteiger partial charge in [0.25, 0.3) is 0 Å². The lowest BCUT2D eigenvalue weighted by atomic mass is 9.41. The molecule has 0 radical (unpaired) electrons. The maximum Gasteiger partial charge on any atom is 0.187 e. The smallest absolute Gasteiger partial charge is 0.187 e. The van der Waals surface area contributed by atoms with Crippen LogP contribution in [0.1, 0.15) is 106 Å². The normalized spacial score (nSPS) is 58.0. The molecule has 0 aromatic heterocycles. The summed E-state index contributed by atoms with van der Waals surface area (Å²) in [6.07, 6.45) is -16.3. The molecule has 0 aromatic carbocycles. The summed E-state index contributed by atoms with van der Waals surface area (Å²) in [7, 11) is 0. The van der Waals surface area contributed by atoms with Crippen LogP contribution in [0.25, 0.3) is 0 Å².